The number of H-pyrrole nitrogens is 1. The number of pyridine rings is 1. The van der Waals surface area contributed by atoms with E-state index in [2.05, 4.69) is 25.5 Å². The van der Waals surface area contributed by atoms with E-state index in [0.29, 0.717) is 10.8 Å². The Labute approximate surface area is 95.9 Å². The van der Waals surface area contributed by atoms with E-state index in [1.165, 1.54) is 18.1 Å². The van der Waals surface area contributed by atoms with Gasteiger partial charge in [0.2, 0.25) is 5.91 Å². The van der Waals surface area contributed by atoms with E-state index >= 15 is 0 Å². The van der Waals surface area contributed by atoms with E-state index in [9.17, 15) is 4.79 Å². The molecule has 7 heteroatoms. The van der Waals surface area contributed by atoms with E-state index in [0.717, 1.165) is 0 Å². The van der Waals surface area contributed by atoms with Crippen LogP contribution in [0.1, 0.15) is 0 Å². The Bertz CT molecular complexity index is 444. The second-order valence-corrected chi connectivity index (χ2v) is 3.83. The quantitative estimate of drug-likeness (QED) is 0.770. The largest absolute Gasteiger partial charge is 0.324 e. The molecule has 0 radical (unpaired) electrons. The second-order valence-electron chi connectivity index (χ2n) is 2.87. The molecule has 0 fully saturated rings. The molecule has 2 aromatic rings. The summed E-state index contributed by atoms with van der Waals surface area (Å²) in [5.41, 5.74) is 0.686. The summed E-state index contributed by atoms with van der Waals surface area (Å²) in [7, 11) is 0. The first-order valence-corrected chi connectivity index (χ1v) is 5.51. The Balaban J connectivity index is 1.81. The van der Waals surface area contributed by atoms with Crippen LogP contribution in [0.4, 0.5) is 5.69 Å². The van der Waals surface area contributed by atoms with Crippen LogP contribution in [0.2, 0.25) is 0 Å². The van der Waals surface area contributed by atoms with E-state index in [1.807, 2.05) is 0 Å². The molecule has 2 rings (SSSR count). The fourth-order valence-corrected chi connectivity index (χ4v) is 1.61. The molecule has 0 aliphatic rings. The molecule has 82 valence electrons. The van der Waals surface area contributed by atoms with Crippen molar-refractivity contribution in [2.45, 2.75) is 5.16 Å². The minimum absolute atomic E-state index is 0.102. The van der Waals surface area contributed by atoms with Gasteiger partial charge < -0.3 is 5.32 Å². The lowest BCUT2D eigenvalue weighted by atomic mass is 10.4. The molecule has 0 atom stereocenters. The molecule has 0 unspecified atom stereocenters. The fraction of sp³-hybridized carbons (Fsp3) is 0.111. The van der Waals surface area contributed by atoms with Crippen molar-refractivity contribution in [3.05, 3.63) is 30.9 Å². The van der Waals surface area contributed by atoms with Crippen LogP contribution in [0, 0.1) is 0 Å². The lowest BCUT2D eigenvalue weighted by molar-refractivity contribution is -0.113. The fourth-order valence-electron chi connectivity index (χ4n) is 1.03. The summed E-state index contributed by atoms with van der Waals surface area (Å²) < 4.78 is 0. The van der Waals surface area contributed by atoms with Crippen LogP contribution in [0.3, 0.4) is 0 Å². The third kappa shape index (κ3) is 3.06. The number of anilines is 1. The van der Waals surface area contributed by atoms with Crippen LogP contribution >= 0.6 is 11.8 Å². The van der Waals surface area contributed by atoms with Gasteiger partial charge in [-0.3, -0.25) is 14.9 Å². The molecule has 6 nitrogen and oxygen atoms in total. The van der Waals surface area contributed by atoms with Crippen LogP contribution in [0.25, 0.3) is 0 Å². The van der Waals surface area contributed by atoms with Gasteiger partial charge in [-0.25, -0.2) is 4.98 Å². The summed E-state index contributed by atoms with van der Waals surface area (Å²) in [6.07, 6.45) is 4.65. The zero-order valence-electron chi connectivity index (χ0n) is 8.25. The lowest BCUT2D eigenvalue weighted by Gasteiger charge is -2.02. The first-order valence-electron chi connectivity index (χ1n) is 4.52. The number of nitrogens with one attached hydrogen (secondary N) is 2. The van der Waals surface area contributed by atoms with Crippen molar-refractivity contribution in [3.8, 4) is 0 Å². The number of aromatic amines is 1. The normalized spacial score (nSPS) is 10.0. The topological polar surface area (TPSA) is 83.6 Å². The van der Waals surface area contributed by atoms with Crippen molar-refractivity contribution >= 4 is 23.4 Å². The van der Waals surface area contributed by atoms with Gasteiger partial charge in [0.1, 0.15) is 6.33 Å². The summed E-state index contributed by atoms with van der Waals surface area (Å²) in [5.74, 6) is 0.179. The van der Waals surface area contributed by atoms with Gasteiger partial charge in [0, 0.05) is 6.20 Å². The predicted octanol–water partition coefficient (Wildman–Crippen LogP) is 0.930. The Morgan fingerprint density at radius 3 is 3.19 bits per heavy atom. The van der Waals surface area contributed by atoms with Gasteiger partial charge in [-0.2, -0.15) is 5.10 Å². The van der Waals surface area contributed by atoms with Gasteiger partial charge >= 0.3 is 0 Å². The molecule has 0 saturated heterocycles. The Hall–Kier alpha value is -1.89. The van der Waals surface area contributed by atoms with Crippen LogP contribution in [-0.2, 0) is 4.79 Å². The minimum atomic E-state index is -0.102. The second kappa shape index (κ2) is 5.26. The maximum atomic E-state index is 11.5. The number of hydrogen-bond acceptors (Lipinski definition) is 5. The van der Waals surface area contributed by atoms with Crippen LogP contribution in [0.5, 0.6) is 0 Å². The molecule has 0 bridgehead atoms. The number of rotatable bonds is 4. The number of amides is 1. The highest BCUT2D eigenvalue weighted by molar-refractivity contribution is 7.99. The summed E-state index contributed by atoms with van der Waals surface area (Å²) >= 11 is 1.29. The third-order valence-corrected chi connectivity index (χ3v) is 2.55. The average Bonchev–Trinajstić information content (AvgIpc) is 2.81. The Morgan fingerprint density at radius 1 is 1.56 bits per heavy atom. The Kier molecular flexibility index (Phi) is 3.50. The van der Waals surface area contributed by atoms with Gasteiger partial charge in [0.05, 0.1) is 17.6 Å². The summed E-state index contributed by atoms with van der Waals surface area (Å²) in [5, 5.41) is 9.70. The highest BCUT2D eigenvalue weighted by atomic mass is 32.2. The van der Waals surface area contributed by atoms with Crippen molar-refractivity contribution < 1.29 is 4.79 Å². The summed E-state index contributed by atoms with van der Waals surface area (Å²) in [6.45, 7) is 0. The SMILES string of the molecule is O=C(CSc1ncn[nH]1)Nc1cccnc1. The van der Waals surface area contributed by atoms with Crippen molar-refractivity contribution in [2.75, 3.05) is 11.1 Å². The van der Waals surface area contributed by atoms with Gasteiger partial charge in [-0.15, -0.1) is 0 Å². The molecule has 0 aliphatic heterocycles. The van der Waals surface area contributed by atoms with E-state index in [-0.39, 0.29) is 11.7 Å². The number of carbonyl (C=O) groups excluding carboxylic acids is 1. The van der Waals surface area contributed by atoms with Crippen molar-refractivity contribution in [1.29, 1.82) is 0 Å². The van der Waals surface area contributed by atoms with Crippen molar-refractivity contribution in [2.24, 2.45) is 0 Å². The van der Waals surface area contributed by atoms with Gasteiger partial charge in [-0.05, 0) is 12.1 Å². The molecule has 0 aliphatic carbocycles. The number of thioether (sulfide) groups is 1. The average molecular weight is 235 g/mol. The molecular weight excluding hydrogens is 226 g/mol. The highest BCUT2D eigenvalue weighted by Gasteiger charge is 2.04. The zero-order chi connectivity index (χ0) is 11.2. The maximum absolute atomic E-state index is 11.5. The number of nitrogens with zero attached hydrogens (tertiary/aromatic N) is 3. The van der Waals surface area contributed by atoms with Gasteiger partial charge in [-0.1, -0.05) is 11.8 Å². The minimum Gasteiger partial charge on any atom is -0.324 e. The van der Waals surface area contributed by atoms with Crippen LogP contribution in [-0.4, -0.2) is 31.8 Å². The number of hydrogen-bond donors (Lipinski definition) is 2. The number of aromatic nitrogens is 4. The van der Waals surface area contributed by atoms with Crippen LogP contribution < -0.4 is 5.32 Å². The van der Waals surface area contributed by atoms with Gasteiger partial charge in [0.15, 0.2) is 5.16 Å². The highest BCUT2D eigenvalue weighted by Crippen LogP contribution is 2.11. The van der Waals surface area contributed by atoms with Gasteiger partial charge in [0.25, 0.3) is 0 Å². The monoisotopic (exact) mass is 235 g/mol. The van der Waals surface area contributed by atoms with Crippen molar-refractivity contribution in [3.63, 3.8) is 0 Å². The van der Waals surface area contributed by atoms with Crippen LogP contribution in [0.15, 0.2) is 36.0 Å². The molecule has 0 aromatic carbocycles. The summed E-state index contributed by atoms with van der Waals surface area (Å²) in [4.78, 5) is 19.3. The molecule has 1 amide bonds. The predicted molar refractivity (Wildman–Crippen MR) is 60.0 cm³/mol. The molecule has 2 heterocycles. The molecule has 16 heavy (non-hydrogen) atoms. The first kappa shape index (κ1) is 10.6. The molecule has 0 spiro atoms. The first-order chi connectivity index (χ1) is 7.84. The van der Waals surface area contributed by atoms with Crippen molar-refractivity contribution in [1.82, 2.24) is 20.2 Å². The molecule has 2 aromatic heterocycles. The summed E-state index contributed by atoms with van der Waals surface area (Å²) in [6, 6.07) is 3.54. The molecule has 0 saturated carbocycles. The maximum Gasteiger partial charge on any atom is 0.234 e. The standard InChI is InChI=1S/C9H9N5OS/c15-8(5-16-9-11-6-12-14-9)13-7-2-1-3-10-4-7/h1-4,6H,5H2,(H,13,15)(H,11,12,14). The number of carbonyl (C=O) groups is 1. The molecule has 2 N–H and O–H groups in total. The third-order valence-electron chi connectivity index (χ3n) is 1.68. The van der Waals surface area contributed by atoms with E-state index in [1.54, 1.807) is 24.5 Å². The van der Waals surface area contributed by atoms with E-state index in [4.69, 9.17) is 0 Å². The smallest absolute Gasteiger partial charge is 0.234 e. The molecular formula is C9H9N5OS. The van der Waals surface area contributed by atoms with E-state index < -0.39 is 0 Å². The lowest BCUT2D eigenvalue weighted by Crippen LogP contribution is -2.14. The zero-order valence-corrected chi connectivity index (χ0v) is 9.07. The Morgan fingerprint density at radius 2 is 2.50 bits per heavy atom.